The lowest BCUT2D eigenvalue weighted by atomic mass is 10.1. The first-order valence-corrected chi connectivity index (χ1v) is 13.3. The molecule has 0 saturated carbocycles. The van der Waals surface area contributed by atoms with Crippen LogP contribution in [0.4, 0.5) is 0 Å². The standard InChI is InChI=1S/C36H22N4/c37-22-30-34(21-25(23-38-30)24-11-3-1-4-12-24)40-31-17-9-7-15-27(31)28-19-20-33-35(36(28)40)29-16-8-10-18-32(29)39(33)26-13-5-2-6-14-26/h1-21,23H. The summed E-state index contributed by atoms with van der Waals surface area (Å²) in [5.41, 5.74) is 8.70. The van der Waals surface area contributed by atoms with Gasteiger partial charge in [-0.15, -0.1) is 0 Å². The third kappa shape index (κ3) is 3.15. The summed E-state index contributed by atoms with van der Waals surface area (Å²) in [6.07, 6.45) is 1.79. The topological polar surface area (TPSA) is 46.5 Å². The van der Waals surface area contributed by atoms with E-state index in [4.69, 9.17) is 0 Å². The zero-order chi connectivity index (χ0) is 26.6. The summed E-state index contributed by atoms with van der Waals surface area (Å²) < 4.78 is 4.57. The van der Waals surface area contributed by atoms with Gasteiger partial charge in [0.25, 0.3) is 0 Å². The van der Waals surface area contributed by atoms with E-state index in [0.717, 1.165) is 60.7 Å². The van der Waals surface area contributed by atoms with Crippen LogP contribution in [-0.4, -0.2) is 14.1 Å². The molecular weight excluding hydrogens is 488 g/mol. The van der Waals surface area contributed by atoms with Crippen molar-refractivity contribution in [3.05, 3.63) is 139 Å². The van der Waals surface area contributed by atoms with Crippen LogP contribution in [0.5, 0.6) is 0 Å². The van der Waals surface area contributed by atoms with E-state index in [1.807, 2.05) is 24.3 Å². The second-order valence-electron chi connectivity index (χ2n) is 9.97. The van der Waals surface area contributed by atoms with Crippen LogP contribution in [0.15, 0.2) is 134 Å². The van der Waals surface area contributed by atoms with Crippen LogP contribution in [0.3, 0.4) is 0 Å². The molecule has 3 heterocycles. The van der Waals surface area contributed by atoms with Crippen molar-refractivity contribution in [3.63, 3.8) is 0 Å². The molecule has 0 radical (unpaired) electrons. The Hall–Kier alpha value is -5.66. The number of benzene rings is 5. The van der Waals surface area contributed by atoms with Crippen LogP contribution in [-0.2, 0) is 0 Å². The highest BCUT2D eigenvalue weighted by Gasteiger charge is 2.22. The largest absolute Gasteiger partial charge is 0.309 e. The van der Waals surface area contributed by atoms with Gasteiger partial charge in [-0.25, -0.2) is 4.98 Å². The molecule has 3 aromatic heterocycles. The van der Waals surface area contributed by atoms with E-state index in [0.29, 0.717) is 5.69 Å². The molecular formula is C36H22N4. The summed E-state index contributed by atoms with van der Waals surface area (Å²) in [6.45, 7) is 0. The highest BCUT2D eigenvalue weighted by molar-refractivity contribution is 6.26. The van der Waals surface area contributed by atoms with Gasteiger partial charge in [0.15, 0.2) is 5.69 Å². The van der Waals surface area contributed by atoms with E-state index in [1.54, 1.807) is 6.20 Å². The highest BCUT2D eigenvalue weighted by atomic mass is 15.0. The van der Waals surface area contributed by atoms with Gasteiger partial charge in [0.1, 0.15) is 6.07 Å². The zero-order valence-corrected chi connectivity index (χ0v) is 21.5. The quantitative estimate of drug-likeness (QED) is 0.238. The monoisotopic (exact) mass is 510 g/mol. The van der Waals surface area contributed by atoms with E-state index in [1.165, 1.54) is 5.39 Å². The fourth-order valence-corrected chi connectivity index (χ4v) is 6.11. The lowest BCUT2D eigenvalue weighted by Crippen LogP contribution is -2.01. The van der Waals surface area contributed by atoms with Gasteiger partial charge in [-0.3, -0.25) is 0 Å². The van der Waals surface area contributed by atoms with E-state index < -0.39 is 0 Å². The Morgan fingerprint density at radius 2 is 1.20 bits per heavy atom. The number of pyridine rings is 1. The molecule has 0 N–H and O–H groups in total. The Morgan fingerprint density at radius 1 is 0.550 bits per heavy atom. The third-order valence-corrected chi connectivity index (χ3v) is 7.81. The number of nitriles is 1. The molecule has 5 aromatic carbocycles. The zero-order valence-electron chi connectivity index (χ0n) is 21.5. The molecule has 0 aliphatic heterocycles. The van der Waals surface area contributed by atoms with Crippen molar-refractivity contribution in [2.24, 2.45) is 0 Å². The van der Waals surface area contributed by atoms with Gasteiger partial charge in [-0.05, 0) is 42.0 Å². The number of aromatic nitrogens is 3. The number of hydrogen-bond donors (Lipinski definition) is 0. The minimum Gasteiger partial charge on any atom is -0.309 e. The van der Waals surface area contributed by atoms with Crippen molar-refractivity contribution in [3.8, 4) is 28.6 Å². The molecule has 0 aliphatic carbocycles. The van der Waals surface area contributed by atoms with Crippen LogP contribution in [0.2, 0.25) is 0 Å². The molecule has 0 unspecified atom stereocenters. The highest BCUT2D eigenvalue weighted by Crippen LogP contribution is 2.42. The minimum atomic E-state index is 0.395. The smallest absolute Gasteiger partial charge is 0.164 e. The summed E-state index contributed by atoms with van der Waals surface area (Å²) in [7, 11) is 0. The fraction of sp³-hybridized carbons (Fsp3) is 0. The Bertz CT molecular complexity index is 2270. The van der Waals surface area contributed by atoms with Crippen LogP contribution in [0, 0.1) is 11.3 Å². The molecule has 4 heteroatoms. The molecule has 0 spiro atoms. The van der Waals surface area contributed by atoms with Gasteiger partial charge in [0, 0.05) is 39.0 Å². The molecule has 0 aliphatic rings. The molecule has 40 heavy (non-hydrogen) atoms. The lowest BCUT2D eigenvalue weighted by Gasteiger charge is -2.13. The van der Waals surface area contributed by atoms with Crippen molar-refractivity contribution in [1.29, 1.82) is 5.26 Å². The van der Waals surface area contributed by atoms with E-state index >= 15 is 0 Å². The normalized spacial score (nSPS) is 11.5. The molecule has 0 amide bonds. The maximum atomic E-state index is 10.2. The fourth-order valence-electron chi connectivity index (χ4n) is 6.11. The van der Waals surface area contributed by atoms with Gasteiger partial charge in [0.05, 0.1) is 27.8 Å². The van der Waals surface area contributed by atoms with Crippen LogP contribution in [0.1, 0.15) is 5.69 Å². The van der Waals surface area contributed by atoms with Gasteiger partial charge in [-0.2, -0.15) is 5.26 Å². The van der Waals surface area contributed by atoms with Crippen LogP contribution < -0.4 is 0 Å². The number of fused-ring (bicyclic) bond motifs is 7. The molecule has 0 saturated heterocycles. The maximum absolute atomic E-state index is 10.2. The Morgan fingerprint density at radius 3 is 1.95 bits per heavy atom. The predicted octanol–water partition coefficient (Wildman–Crippen LogP) is 8.81. The molecule has 0 bridgehead atoms. The Kier molecular flexibility index (Phi) is 4.85. The van der Waals surface area contributed by atoms with E-state index in [-0.39, 0.29) is 0 Å². The molecule has 0 fully saturated rings. The van der Waals surface area contributed by atoms with Crippen molar-refractivity contribution >= 4 is 43.6 Å². The van der Waals surface area contributed by atoms with Crippen molar-refractivity contribution in [2.45, 2.75) is 0 Å². The number of para-hydroxylation sites is 3. The molecule has 8 rings (SSSR count). The van der Waals surface area contributed by atoms with Crippen molar-refractivity contribution < 1.29 is 0 Å². The number of rotatable bonds is 3. The average molecular weight is 511 g/mol. The summed E-state index contributed by atoms with van der Waals surface area (Å²) in [4.78, 5) is 4.65. The minimum absolute atomic E-state index is 0.395. The van der Waals surface area contributed by atoms with E-state index in [9.17, 15) is 5.26 Å². The number of nitrogens with zero attached hydrogens (tertiary/aromatic N) is 4. The van der Waals surface area contributed by atoms with Gasteiger partial charge in [0.2, 0.25) is 0 Å². The summed E-state index contributed by atoms with van der Waals surface area (Å²) in [5.74, 6) is 0. The van der Waals surface area contributed by atoms with Gasteiger partial charge < -0.3 is 9.13 Å². The Balaban J connectivity index is 1.58. The second kappa shape index (κ2) is 8.69. The maximum Gasteiger partial charge on any atom is 0.164 e. The Labute approximate surface area is 230 Å². The molecule has 186 valence electrons. The third-order valence-electron chi connectivity index (χ3n) is 7.81. The molecule has 0 atom stereocenters. The summed E-state index contributed by atoms with van der Waals surface area (Å²) in [6, 6.07) is 46.6. The summed E-state index contributed by atoms with van der Waals surface area (Å²) >= 11 is 0. The lowest BCUT2D eigenvalue weighted by molar-refractivity contribution is 1.12. The SMILES string of the molecule is N#Cc1ncc(-c2ccccc2)cc1-n1c2ccccc2c2ccc3c(c4ccccc4n3-c3ccccc3)c21. The summed E-state index contributed by atoms with van der Waals surface area (Å²) in [5, 5.41) is 14.8. The first kappa shape index (κ1) is 22.3. The van der Waals surface area contributed by atoms with E-state index in [2.05, 4.69) is 123 Å². The first-order valence-electron chi connectivity index (χ1n) is 13.3. The molecule has 8 aromatic rings. The van der Waals surface area contributed by atoms with Crippen LogP contribution in [0.25, 0.3) is 66.1 Å². The van der Waals surface area contributed by atoms with Crippen molar-refractivity contribution in [2.75, 3.05) is 0 Å². The average Bonchev–Trinajstić information content (AvgIpc) is 3.54. The van der Waals surface area contributed by atoms with Gasteiger partial charge in [-0.1, -0.05) is 91.0 Å². The second-order valence-corrected chi connectivity index (χ2v) is 9.97. The number of hydrogen-bond acceptors (Lipinski definition) is 2. The predicted molar refractivity (Wildman–Crippen MR) is 163 cm³/mol. The first-order chi connectivity index (χ1) is 19.8. The van der Waals surface area contributed by atoms with Gasteiger partial charge >= 0.3 is 0 Å². The van der Waals surface area contributed by atoms with Crippen molar-refractivity contribution in [1.82, 2.24) is 14.1 Å². The van der Waals surface area contributed by atoms with Crippen LogP contribution >= 0.6 is 0 Å². The molecule has 4 nitrogen and oxygen atoms in total.